The van der Waals surface area contributed by atoms with Crippen LogP contribution in [0.1, 0.15) is 33.1 Å². The largest absolute Gasteiger partial charge is 0.396 e. The summed E-state index contributed by atoms with van der Waals surface area (Å²) < 4.78 is 28.3. The van der Waals surface area contributed by atoms with E-state index in [2.05, 4.69) is 9.71 Å². The molecule has 0 aromatic carbocycles. The van der Waals surface area contributed by atoms with Gasteiger partial charge in [-0.15, -0.1) is 0 Å². The first-order chi connectivity index (χ1) is 9.03. The highest BCUT2D eigenvalue weighted by Gasteiger charge is 2.19. The number of rotatable bonds is 9. The van der Waals surface area contributed by atoms with Crippen molar-refractivity contribution in [1.82, 2.24) is 14.3 Å². The molecule has 0 bridgehead atoms. The molecule has 6 nitrogen and oxygen atoms in total. The van der Waals surface area contributed by atoms with Crippen molar-refractivity contribution < 1.29 is 13.5 Å². The Labute approximate surface area is 114 Å². The maximum Gasteiger partial charge on any atom is 0.259 e. The van der Waals surface area contributed by atoms with Crippen LogP contribution in [0.3, 0.4) is 0 Å². The molecule has 19 heavy (non-hydrogen) atoms. The number of aliphatic hydroxyl groups is 1. The van der Waals surface area contributed by atoms with Gasteiger partial charge in [0.25, 0.3) is 10.0 Å². The molecule has 1 aromatic rings. The summed E-state index contributed by atoms with van der Waals surface area (Å²) in [5, 5.41) is 9.00. The van der Waals surface area contributed by atoms with Crippen molar-refractivity contribution in [3.8, 4) is 0 Å². The van der Waals surface area contributed by atoms with Gasteiger partial charge in [0.1, 0.15) is 0 Å². The quantitative estimate of drug-likeness (QED) is 0.710. The van der Waals surface area contributed by atoms with Crippen LogP contribution in [0.25, 0.3) is 0 Å². The SMILES string of the molecule is CCCC(CCO)CNS(=O)(=O)c1cn(CC)cn1. The second kappa shape index (κ2) is 7.62. The molecule has 1 aromatic heterocycles. The van der Waals surface area contributed by atoms with Crippen molar-refractivity contribution in [2.45, 2.75) is 44.7 Å². The molecular formula is C12H23N3O3S. The number of imidazole rings is 1. The third-order valence-corrected chi connectivity index (χ3v) is 4.35. The van der Waals surface area contributed by atoms with Crippen LogP contribution in [0.5, 0.6) is 0 Å². The predicted molar refractivity (Wildman–Crippen MR) is 73.2 cm³/mol. The van der Waals surface area contributed by atoms with E-state index in [1.54, 1.807) is 4.57 Å². The predicted octanol–water partition coefficient (Wildman–Crippen LogP) is 0.980. The fourth-order valence-electron chi connectivity index (χ4n) is 1.89. The number of aryl methyl sites for hydroxylation is 1. The topological polar surface area (TPSA) is 84.2 Å². The lowest BCUT2D eigenvalue weighted by Gasteiger charge is -2.15. The molecule has 1 atom stereocenters. The number of hydrogen-bond acceptors (Lipinski definition) is 4. The van der Waals surface area contributed by atoms with Crippen LogP contribution < -0.4 is 4.72 Å². The molecule has 110 valence electrons. The van der Waals surface area contributed by atoms with Crippen molar-refractivity contribution in [2.24, 2.45) is 5.92 Å². The molecule has 1 heterocycles. The fourth-order valence-corrected chi connectivity index (χ4v) is 2.96. The first kappa shape index (κ1) is 16.1. The van der Waals surface area contributed by atoms with Gasteiger partial charge in [-0.05, 0) is 25.7 Å². The summed E-state index contributed by atoms with van der Waals surface area (Å²) in [7, 11) is -3.54. The lowest BCUT2D eigenvalue weighted by molar-refractivity contribution is 0.251. The molecule has 0 saturated carbocycles. The number of nitrogens with zero attached hydrogens (tertiary/aromatic N) is 2. The Morgan fingerprint density at radius 2 is 2.16 bits per heavy atom. The van der Waals surface area contributed by atoms with Gasteiger partial charge < -0.3 is 9.67 Å². The molecule has 0 fully saturated rings. The second-order valence-corrected chi connectivity index (χ2v) is 6.28. The average molecular weight is 289 g/mol. The van der Waals surface area contributed by atoms with E-state index in [1.165, 1.54) is 12.5 Å². The molecule has 0 radical (unpaired) electrons. The Kier molecular flexibility index (Phi) is 6.47. The summed E-state index contributed by atoms with van der Waals surface area (Å²) in [6.45, 7) is 5.07. The zero-order chi connectivity index (χ0) is 14.3. The van der Waals surface area contributed by atoms with Crippen molar-refractivity contribution in [3.63, 3.8) is 0 Å². The molecule has 1 rings (SSSR count). The summed E-state index contributed by atoms with van der Waals surface area (Å²) >= 11 is 0. The maximum absolute atomic E-state index is 12.0. The highest BCUT2D eigenvalue weighted by atomic mass is 32.2. The van der Waals surface area contributed by atoms with Crippen molar-refractivity contribution in [2.75, 3.05) is 13.2 Å². The zero-order valence-electron chi connectivity index (χ0n) is 11.5. The molecule has 2 N–H and O–H groups in total. The fraction of sp³-hybridized carbons (Fsp3) is 0.750. The van der Waals surface area contributed by atoms with Crippen molar-refractivity contribution in [1.29, 1.82) is 0 Å². The van der Waals surface area contributed by atoms with E-state index in [9.17, 15) is 8.42 Å². The standard InChI is InChI=1S/C12H23N3O3S/c1-3-5-11(6-7-16)8-14-19(17,18)12-9-15(4-2)10-13-12/h9-11,14,16H,3-8H2,1-2H3. The molecular weight excluding hydrogens is 266 g/mol. The molecule has 7 heteroatoms. The van der Waals surface area contributed by atoms with Crippen LogP contribution in [-0.2, 0) is 16.6 Å². The van der Waals surface area contributed by atoms with Crippen molar-refractivity contribution >= 4 is 10.0 Å². The van der Waals surface area contributed by atoms with Gasteiger partial charge in [-0.1, -0.05) is 13.3 Å². The molecule has 0 aliphatic carbocycles. The van der Waals surface area contributed by atoms with E-state index < -0.39 is 10.0 Å². The first-order valence-corrected chi connectivity index (χ1v) is 8.14. The Morgan fingerprint density at radius 3 is 2.68 bits per heavy atom. The van der Waals surface area contributed by atoms with Crippen LogP contribution >= 0.6 is 0 Å². The van der Waals surface area contributed by atoms with Gasteiger partial charge in [0.05, 0.1) is 6.33 Å². The number of hydrogen-bond donors (Lipinski definition) is 2. The third-order valence-electron chi connectivity index (χ3n) is 3.05. The molecule has 0 saturated heterocycles. The van der Waals surface area contributed by atoms with Gasteiger partial charge in [0, 0.05) is 25.9 Å². The van der Waals surface area contributed by atoms with E-state index in [4.69, 9.17) is 5.11 Å². The lowest BCUT2D eigenvalue weighted by Crippen LogP contribution is -2.30. The van der Waals surface area contributed by atoms with Crippen LogP contribution in [0.15, 0.2) is 17.6 Å². The first-order valence-electron chi connectivity index (χ1n) is 6.65. The molecule has 0 amide bonds. The van der Waals surface area contributed by atoms with Gasteiger partial charge in [-0.25, -0.2) is 18.1 Å². The average Bonchev–Trinajstić information content (AvgIpc) is 2.86. The number of nitrogens with one attached hydrogen (secondary N) is 1. The van der Waals surface area contributed by atoms with Crippen LogP contribution in [0, 0.1) is 5.92 Å². The van der Waals surface area contributed by atoms with Crippen LogP contribution in [0.2, 0.25) is 0 Å². The summed E-state index contributed by atoms with van der Waals surface area (Å²) in [5.74, 6) is 0.165. The Hall–Kier alpha value is -0.920. The number of sulfonamides is 1. The minimum absolute atomic E-state index is 0.0496. The number of aromatic nitrogens is 2. The van der Waals surface area contributed by atoms with Crippen LogP contribution in [-0.4, -0.2) is 36.2 Å². The Bertz CT molecular complexity index is 464. The van der Waals surface area contributed by atoms with Gasteiger partial charge in [-0.2, -0.15) is 0 Å². The molecule has 0 spiro atoms. The van der Waals surface area contributed by atoms with Gasteiger partial charge in [0.2, 0.25) is 0 Å². The summed E-state index contributed by atoms with van der Waals surface area (Å²) in [6.07, 6.45) is 5.50. The number of aliphatic hydroxyl groups excluding tert-OH is 1. The van der Waals surface area contributed by atoms with Gasteiger partial charge in [-0.3, -0.25) is 0 Å². The summed E-state index contributed by atoms with van der Waals surface area (Å²) in [5.41, 5.74) is 0. The molecule has 1 unspecified atom stereocenters. The minimum atomic E-state index is -3.54. The second-order valence-electron chi connectivity index (χ2n) is 4.56. The van der Waals surface area contributed by atoms with Crippen LogP contribution in [0.4, 0.5) is 0 Å². The Balaban J connectivity index is 2.63. The Morgan fingerprint density at radius 1 is 1.42 bits per heavy atom. The third kappa shape index (κ3) is 4.93. The van der Waals surface area contributed by atoms with E-state index in [1.807, 2.05) is 13.8 Å². The highest BCUT2D eigenvalue weighted by molar-refractivity contribution is 7.89. The minimum Gasteiger partial charge on any atom is -0.396 e. The van der Waals surface area contributed by atoms with Gasteiger partial charge in [0.15, 0.2) is 5.03 Å². The van der Waals surface area contributed by atoms with E-state index in [0.29, 0.717) is 19.5 Å². The smallest absolute Gasteiger partial charge is 0.259 e. The van der Waals surface area contributed by atoms with Gasteiger partial charge >= 0.3 is 0 Å². The monoisotopic (exact) mass is 289 g/mol. The van der Waals surface area contributed by atoms with E-state index in [0.717, 1.165) is 12.8 Å². The molecule has 0 aliphatic rings. The zero-order valence-corrected chi connectivity index (χ0v) is 12.4. The molecule has 0 aliphatic heterocycles. The van der Waals surface area contributed by atoms with Crippen molar-refractivity contribution in [3.05, 3.63) is 12.5 Å². The summed E-state index contributed by atoms with van der Waals surface area (Å²) in [4.78, 5) is 3.89. The normalized spacial score (nSPS) is 13.6. The maximum atomic E-state index is 12.0. The lowest BCUT2D eigenvalue weighted by atomic mass is 10.0. The van der Waals surface area contributed by atoms with E-state index >= 15 is 0 Å². The van der Waals surface area contributed by atoms with E-state index in [-0.39, 0.29) is 17.6 Å². The highest BCUT2D eigenvalue weighted by Crippen LogP contribution is 2.11. The summed E-state index contributed by atoms with van der Waals surface area (Å²) in [6, 6.07) is 0.